The molecule has 0 aliphatic carbocycles. The van der Waals surface area contributed by atoms with E-state index in [2.05, 4.69) is 4.90 Å². The van der Waals surface area contributed by atoms with Crippen molar-refractivity contribution in [2.24, 2.45) is 0 Å². The van der Waals surface area contributed by atoms with Crippen LogP contribution in [0.5, 0.6) is 0 Å². The summed E-state index contributed by atoms with van der Waals surface area (Å²) in [5.41, 5.74) is -0.143. The summed E-state index contributed by atoms with van der Waals surface area (Å²) in [5.74, 6) is -0.309. The van der Waals surface area contributed by atoms with Gasteiger partial charge in [-0.3, -0.25) is 14.9 Å². The smallest absolute Gasteiger partial charge is 0.283 e. The summed E-state index contributed by atoms with van der Waals surface area (Å²) in [6, 6.07) is 4.13. The second-order valence-corrected chi connectivity index (χ2v) is 4.95. The van der Waals surface area contributed by atoms with Gasteiger partial charge in [0.15, 0.2) is 0 Å². The Morgan fingerprint density at radius 1 is 1.32 bits per heavy atom. The summed E-state index contributed by atoms with van der Waals surface area (Å²) in [6.45, 7) is 2.70. The molecule has 1 saturated heterocycles. The van der Waals surface area contributed by atoms with Gasteiger partial charge in [0.1, 0.15) is 5.56 Å². The van der Waals surface area contributed by atoms with Crippen molar-refractivity contribution in [3.05, 3.63) is 38.9 Å². The van der Waals surface area contributed by atoms with Gasteiger partial charge >= 0.3 is 0 Å². The average Bonchev–Trinajstić information content (AvgIpc) is 2.38. The first-order chi connectivity index (χ1) is 8.99. The normalized spacial score (nSPS) is 16.4. The fourth-order valence-electron chi connectivity index (χ4n) is 2.02. The minimum absolute atomic E-state index is 0.0963. The standard InChI is InChI=1S/C12H14ClN3O3/c1-14-4-6-15(7-5-14)12(17)10-3-2-9(13)8-11(10)16(18)19/h2-3,8H,4-7H2,1H3. The van der Waals surface area contributed by atoms with Gasteiger partial charge in [-0.15, -0.1) is 0 Å². The van der Waals surface area contributed by atoms with Gasteiger partial charge in [0.2, 0.25) is 0 Å². The van der Waals surface area contributed by atoms with Crippen molar-refractivity contribution in [2.75, 3.05) is 33.2 Å². The van der Waals surface area contributed by atoms with E-state index in [4.69, 9.17) is 11.6 Å². The summed E-state index contributed by atoms with van der Waals surface area (Å²) in [4.78, 5) is 26.5. The minimum atomic E-state index is -0.574. The Kier molecular flexibility index (Phi) is 4.01. The Balaban J connectivity index is 2.26. The predicted octanol–water partition coefficient (Wildman–Crippen LogP) is 1.64. The van der Waals surface area contributed by atoms with Gasteiger partial charge in [0.25, 0.3) is 11.6 Å². The van der Waals surface area contributed by atoms with Crippen molar-refractivity contribution in [1.82, 2.24) is 9.80 Å². The van der Waals surface area contributed by atoms with E-state index in [-0.39, 0.29) is 22.2 Å². The Bertz CT molecular complexity index is 513. The summed E-state index contributed by atoms with van der Waals surface area (Å²) < 4.78 is 0. The lowest BCUT2D eigenvalue weighted by atomic mass is 10.1. The number of nitro groups is 1. The number of likely N-dealkylation sites (N-methyl/N-ethyl adjacent to an activating group) is 1. The highest BCUT2D eigenvalue weighted by Gasteiger charge is 2.26. The largest absolute Gasteiger partial charge is 0.336 e. The van der Waals surface area contributed by atoms with Crippen LogP contribution in [0, 0.1) is 10.1 Å². The van der Waals surface area contributed by atoms with Crippen LogP contribution in [0.2, 0.25) is 5.02 Å². The van der Waals surface area contributed by atoms with Gasteiger partial charge in [0.05, 0.1) is 4.92 Å². The molecule has 0 atom stereocenters. The third-order valence-electron chi connectivity index (χ3n) is 3.18. The highest BCUT2D eigenvalue weighted by molar-refractivity contribution is 6.31. The third kappa shape index (κ3) is 3.02. The van der Waals surface area contributed by atoms with Crippen LogP contribution < -0.4 is 0 Å². The predicted molar refractivity (Wildman–Crippen MR) is 71.5 cm³/mol. The quantitative estimate of drug-likeness (QED) is 0.611. The fourth-order valence-corrected chi connectivity index (χ4v) is 2.18. The number of nitro benzene ring substituents is 1. The van der Waals surface area contributed by atoms with Crippen LogP contribution in [0.3, 0.4) is 0 Å². The summed E-state index contributed by atoms with van der Waals surface area (Å²) in [7, 11) is 1.98. The molecule has 0 N–H and O–H groups in total. The van der Waals surface area contributed by atoms with Crippen LogP contribution in [0.15, 0.2) is 18.2 Å². The van der Waals surface area contributed by atoms with Crippen molar-refractivity contribution in [2.45, 2.75) is 0 Å². The zero-order valence-electron chi connectivity index (χ0n) is 10.5. The number of piperazine rings is 1. The molecule has 1 heterocycles. The van der Waals surface area contributed by atoms with Crippen molar-refractivity contribution in [3.8, 4) is 0 Å². The number of amides is 1. The SMILES string of the molecule is CN1CCN(C(=O)c2ccc(Cl)cc2[N+](=O)[O-])CC1. The van der Waals surface area contributed by atoms with Crippen molar-refractivity contribution in [3.63, 3.8) is 0 Å². The number of nitrogens with zero attached hydrogens (tertiary/aromatic N) is 3. The Hall–Kier alpha value is -1.66. The van der Waals surface area contributed by atoms with E-state index in [0.29, 0.717) is 13.1 Å². The molecule has 2 rings (SSSR count). The number of rotatable bonds is 2. The molecule has 1 aliphatic heterocycles. The van der Waals surface area contributed by atoms with Crippen molar-refractivity contribution < 1.29 is 9.72 Å². The molecular weight excluding hydrogens is 270 g/mol. The summed E-state index contributed by atoms with van der Waals surface area (Å²) in [5, 5.41) is 11.2. The Morgan fingerprint density at radius 2 is 1.95 bits per heavy atom. The van der Waals surface area contributed by atoms with Gasteiger partial charge in [-0.25, -0.2) is 0 Å². The summed E-state index contributed by atoms with van der Waals surface area (Å²) >= 11 is 5.73. The highest BCUT2D eigenvalue weighted by atomic mass is 35.5. The third-order valence-corrected chi connectivity index (χ3v) is 3.41. The van der Waals surface area contributed by atoms with E-state index in [1.165, 1.54) is 18.2 Å². The lowest BCUT2D eigenvalue weighted by Crippen LogP contribution is -2.47. The first-order valence-corrected chi connectivity index (χ1v) is 6.28. The molecule has 0 bridgehead atoms. The van der Waals surface area contributed by atoms with Gasteiger partial charge in [-0.1, -0.05) is 11.6 Å². The van der Waals surface area contributed by atoms with E-state index >= 15 is 0 Å². The van der Waals surface area contributed by atoms with Gasteiger partial charge in [-0.2, -0.15) is 0 Å². The highest BCUT2D eigenvalue weighted by Crippen LogP contribution is 2.24. The number of halogens is 1. The second kappa shape index (κ2) is 5.54. The number of hydrogen-bond donors (Lipinski definition) is 0. The molecule has 0 unspecified atom stereocenters. The molecule has 1 aliphatic rings. The molecule has 19 heavy (non-hydrogen) atoms. The maximum atomic E-state index is 12.3. The van der Waals surface area contributed by atoms with E-state index in [1.54, 1.807) is 4.90 Å². The minimum Gasteiger partial charge on any atom is -0.336 e. The first-order valence-electron chi connectivity index (χ1n) is 5.91. The van der Waals surface area contributed by atoms with Crippen LogP contribution >= 0.6 is 11.6 Å². The molecule has 7 heteroatoms. The van der Waals surface area contributed by atoms with Gasteiger partial charge in [-0.05, 0) is 19.2 Å². The van der Waals surface area contributed by atoms with Crippen molar-refractivity contribution >= 4 is 23.2 Å². The lowest BCUT2D eigenvalue weighted by molar-refractivity contribution is -0.385. The molecule has 1 aromatic carbocycles. The molecule has 1 amide bonds. The topological polar surface area (TPSA) is 66.7 Å². The monoisotopic (exact) mass is 283 g/mol. The van der Waals surface area contributed by atoms with Crippen LogP contribution in [0.1, 0.15) is 10.4 Å². The van der Waals surface area contributed by atoms with Crippen LogP contribution in [-0.4, -0.2) is 53.9 Å². The molecule has 0 radical (unpaired) electrons. The van der Waals surface area contributed by atoms with Crippen LogP contribution in [0.25, 0.3) is 0 Å². The molecule has 0 saturated carbocycles. The average molecular weight is 284 g/mol. The van der Waals surface area contributed by atoms with Crippen molar-refractivity contribution in [1.29, 1.82) is 0 Å². The molecule has 0 aromatic heterocycles. The number of carbonyl (C=O) groups excluding carboxylic acids is 1. The molecule has 0 spiro atoms. The van der Waals surface area contributed by atoms with Crippen LogP contribution in [-0.2, 0) is 0 Å². The first kappa shape index (κ1) is 13.8. The number of carbonyl (C=O) groups is 1. The number of benzene rings is 1. The zero-order chi connectivity index (χ0) is 14.0. The summed E-state index contributed by atoms with van der Waals surface area (Å²) in [6.07, 6.45) is 0. The molecule has 1 aromatic rings. The molecule has 6 nitrogen and oxygen atoms in total. The van der Waals surface area contributed by atoms with Crippen LogP contribution in [0.4, 0.5) is 5.69 Å². The van der Waals surface area contributed by atoms with Gasteiger partial charge < -0.3 is 9.80 Å². The van der Waals surface area contributed by atoms with E-state index in [1.807, 2.05) is 7.05 Å². The maximum absolute atomic E-state index is 12.3. The van der Waals surface area contributed by atoms with E-state index in [0.717, 1.165) is 13.1 Å². The maximum Gasteiger partial charge on any atom is 0.283 e. The fraction of sp³-hybridized carbons (Fsp3) is 0.417. The number of hydrogen-bond acceptors (Lipinski definition) is 4. The van der Waals surface area contributed by atoms with Gasteiger partial charge in [0, 0.05) is 37.3 Å². The Morgan fingerprint density at radius 3 is 2.53 bits per heavy atom. The molecule has 102 valence electrons. The zero-order valence-corrected chi connectivity index (χ0v) is 11.3. The molecule has 1 fully saturated rings. The Labute approximate surface area is 115 Å². The molecular formula is C12H14ClN3O3. The lowest BCUT2D eigenvalue weighted by Gasteiger charge is -2.32. The van der Waals surface area contributed by atoms with E-state index in [9.17, 15) is 14.9 Å². The van der Waals surface area contributed by atoms with E-state index < -0.39 is 4.92 Å². The second-order valence-electron chi connectivity index (χ2n) is 4.51.